The summed E-state index contributed by atoms with van der Waals surface area (Å²) >= 11 is 3.40. The number of rotatable bonds is 6. The van der Waals surface area contributed by atoms with Gasteiger partial charge in [-0.2, -0.15) is 0 Å². The number of thiazole rings is 1. The van der Waals surface area contributed by atoms with Crippen LogP contribution in [0.5, 0.6) is 0 Å². The van der Waals surface area contributed by atoms with Crippen LogP contribution in [0.25, 0.3) is 10.2 Å². The fraction of sp³-hybridized carbons (Fsp3) is 0.300. The average molecular weight is 371 g/mol. The second-order valence-electron chi connectivity index (χ2n) is 6.17. The third-order valence-corrected chi connectivity index (χ3v) is 6.22. The first kappa shape index (κ1) is 18.0. The fourth-order valence-electron chi connectivity index (χ4n) is 2.53. The lowest BCUT2D eigenvalue weighted by molar-refractivity contribution is -0.129. The summed E-state index contributed by atoms with van der Waals surface area (Å²) in [5, 5.41) is 0.985. The van der Waals surface area contributed by atoms with E-state index in [2.05, 4.69) is 43.1 Å². The molecule has 0 unspecified atom stereocenters. The molecule has 0 bridgehead atoms. The quantitative estimate of drug-likeness (QED) is 0.569. The van der Waals surface area contributed by atoms with Crippen molar-refractivity contribution in [2.24, 2.45) is 0 Å². The molecule has 0 saturated carbocycles. The molecule has 5 heteroatoms. The monoisotopic (exact) mass is 370 g/mol. The third kappa shape index (κ3) is 4.61. The Kier molecular flexibility index (Phi) is 5.76. The fourth-order valence-corrected chi connectivity index (χ4v) is 4.49. The number of amides is 1. The molecule has 0 fully saturated rings. The zero-order chi connectivity index (χ0) is 17.8. The van der Waals surface area contributed by atoms with Crippen molar-refractivity contribution in [2.45, 2.75) is 31.7 Å². The molecule has 0 N–H and O–H groups in total. The van der Waals surface area contributed by atoms with Crippen molar-refractivity contribution in [3.8, 4) is 0 Å². The van der Waals surface area contributed by atoms with Gasteiger partial charge in [0.2, 0.25) is 5.91 Å². The number of aryl methyl sites for hydroxylation is 2. The maximum Gasteiger partial charge on any atom is 0.223 e. The molecule has 3 aromatic rings. The lowest BCUT2D eigenvalue weighted by Crippen LogP contribution is -2.26. The largest absolute Gasteiger partial charge is 0.339 e. The molecule has 25 heavy (non-hydrogen) atoms. The van der Waals surface area contributed by atoms with Crippen molar-refractivity contribution in [3.63, 3.8) is 0 Å². The first-order valence-electron chi connectivity index (χ1n) is 8.31. The number of hydrogen-bond acceptors (Lipinski definition) is 4. The van der Waals surface area contributed by atoms with Crippen molar-refractivity contribution in [2.75, 3.05) is 12.8 Å². The number of carbonyl (C=O) groups is 1. The summed E-state index contributed by atoms with van der Waals surface area (Å²) in [6.07, 6.45) is 0.541. The number of fused-ring (bicyclic) bond motifs is 1. The van der Waals surface area contributed by atoms with Crippen LogP contribution in [0.1, 0.15) is 22.6 Å². The predicted molar refractivity (Wildman–Crippen MR) is 107 cm³/mol. The summed E-state index contributed by atoms with van der Waals surface area (Å²) in [5.41, 5.74) is 3.61. The molecular formula is C20H22N2OS2. The molecule has 0 spiro atoms. The molecule has 0 radical (unpaired) electrons. The average Bonchev–Trinajstić information content (AvgIpc) is 3.00. The number of para-hydroxylation sites is 1. The Morgan fingerprint density at radius 2 is 1.96 bits per heavy atom. The lowest BCUT2D eigenvalue weighted by Gasteiger charge is -2.15. The zero-order valence-corrected chi connectivity index (χ0v) is 16.4. The molecule has 0 aliphatic rings. The van der Waals surface area contributed by atoms with E-state index in [-0.39, 0.29) is 5.91 Å². The summed E-state index contributed by atoms with van der Waals surface area (Å²) in [5.74, 6) is 0.960. The van der Waals surface area contributed by atoms with Gasteiger partial charge >= 0.3 is 0 Å². The van der Waals surface area contributed by atoms with Gasteiger partial charge < -0.3 is 4.90 Å². The number of carbonyl (C=O) groups excluding carboxylic acids is 1. The topological polar surface area (TPSA) is 33.2 Å². The van der Waals surface area contributed by atoms with Crippen molar-refractivity contribution in [1.82, 2.24) is 9.88 Å². The first-order chi connectivity index (χ1) is 12.0. The normalized spacial score (nSPS) is 11.0. The number of nitrogens with zero attached hydrogens (tertiary/aromatic N) is 2. The van der Waals surface area contributed by atoms with Gasteiger partial charge in [0.05, 0.1) is 16.8 Å². The molecular weight excluding hydrogens is 348 g/mol. The van der Waals surface area contributed by atoms with E-state index >= 15 is 0 Å². The minimum atomic E-state index is 0.163. The number of aromatic nitrogens is 1. The smallest absolute Gasteiger partial charge is 0.223 e. The second kappa shape index (κ2) is 8.02. The molecule has 0 aliphatic heterocycles. The standard InChI is InChI=1S/C20H22N2OS2/c1-14-8-9-16(12-15(14)2)24-11-10-20(23)22(3)13-19-21-17-6-4-5-7-18(17)25-19/h4-9,12H,10-11,13H2,1-3H3. The van der Waals surface area contributed by atoms with E-state index in [1.807, 2.05) is 25.2 Å². The number of hydrogen-bond donors (Lipinski definition) is 0. The second-order valence-corrected chi connectivity index (χ2v) is 8.45. The van der Waals surface area contributed by atoms with Crippen molar-refractivity contribution < 1.29 is 4.79 Å². The Morgan fingerprint density at radius 1 is 1.16 bits per heavy atom. The van der Waals surface area contributed by atoms with Crippen LogP contribution >= 0.6 is 23.1 Å². The molecule has 0 saturated heterocycles. The van der Waals surface area contributed by atoms with Crippen LogP contribution < -0.4 is 0 Å². The number of thioether (sulfide) groups is 1. The summed E-state index contributed by atoms with van der Waals surface area (Å²) in [6, 6.07) is 14.5. The maximum absolute atomic E-state index is 12.4. The molecule has 1 heterocycles. The van der Waals surface area contributed by atoms with Gasteiger partial charge in [-0.1, -0.05) is 18.2 Å². The molecule has 3 nitrogen and oxygen atoms in total. The van der Waals surface area contributed by atoms with Gasteiger partial charge in [-0.15, -0.1) is 23.1 Å². The van der Waals surface area contributed by atoms with Crippen LogP contribution in [-0.4, -0.2) is 28.6 Å². The highest BCUT2D eigenvalue weighted by Crippen LogP contribution is 2.24. The molecule has 130 valence electrons. The van der Waals surface area contributed by atoms with Crippen LogP contribution in [0, 0.1) is 13.8 Å². The van der Waals surface area contributed by atoms with Crippen molar-refractivity contribution in [3.05, 3.63) is 58.6 Å². The summed E-state index contributed by atoms with van der Waals surface area (Å²) in [7, 11) is 1.86. The van der Waals surface area contributed by atoms with Gasteiger partial charge in [0, 0.05) is 24.1 Å². The lowest BCUT2D eigenvalue weighted by atomic mass is 10.1. The maximum atomic E-state index is 12.4. The van der Waals surface area contributed by atoms with E-state index in [0.717, 1.165) is 16.3 Å². The van der Waals surface area contributed by atoms with Gasteiger partial charge in [0.1, 0.15) is 5.01 Å². The molecule has 2 aromatic carbocycles. The van der Waals surface area contributed by atoms with Crippen LogP contribution in [0.15, 0.2) is 47.4 Å². The minimum Gasteiger partial charge on any atom is -0.339 e. The van der Waals surface area contributed by atoms with Gasteiger partial charge in [0.15, 0.2) is 0 Å². The predicted octanol–water partition coefficient (Wildman–Crippen LogP) is 5.05. The van der Waals surface area contributed by atoms with Crippen LogP contribution in [0.3, 0.4) is 0 Å². The van der Waals surface area contributed by atoms with E-state index in [4.69, 9.17) is 0 Å². The van der Waals surface area contributed by atoms with E-state index in [1.165, 1.54) is 20.7 Å². The highest BCUT2D eigenvalue weighted by atomic mass is 32.2. The molecule has 0 aliphatic carbocycles. The van der Waals surface area contributed by atoms with Crippen molar-refractivity contribution in [1.29, 1.82) is 0 Å². The molecule has 3 rings (SSSR count). The minimum absolute atomic E-state index is 0.163. The summed E-state index contributed by atoms with van der Waals surface area (Å²) in [6.45, 7) is 4.81. The summed E-state index contributed by atoms with van der Waals surface area (Å²) in [4.78, 5) is 20.0. The Bertz CT molecular complexity index is 855. The highest BCUT2D eigenvalue weighted by molar-refractivity contribution is 7.99. The van der Waals surface area contributed by atoms with E-state index in [1.54, 1.807) is 28.0 Å². The molecule has 1 amide bonds. The van der Waals surface area contributed by atoms with Crippen LogP contribution in [-0.2, 0) is 11.3 Å². The first-order valence-corrected chi connectivity index (χ1v) is 10.1. The summed E-state index contributed by atoms with van der Waals surface area (Å²) < 4.78 is 1.17. The van der Waals surface area contributed by atoms with Crippen molar-refractivity contribution >= 4 is 39.2 Å². The van der Waals surface area contributed by atoms with E-state index in [9.17, 15) is 4.79 Å². The molecule has 1 aromatic heterocycles. The van der Waals surface area contributed by atoms with Gasteiger partial charge in [-0.3, -0.25) is 4.79 Å². The zero-order valence-electron chi connectivity index (χ0n) is 14.8. The van der Waals surface area contributed by atoms with Crippen LogP contribution in [0.2, 0.25) is 0 Å². The van der Waals surface area contributed by atoms with E-state index in [0.29, 0.717) is 13.0 Å². The van der Waals surface area contributed by atoms with Gasteiger partial charge in [0.25, 0.3) is 0 Å². The third-order valence-electron chi connectivity index (χ3n) is 4.20. The van der Waals surface area contributed by atoms with Gasteiger partial charge in [-0.05, 0) is 49.2 Å². The van der Waals surface area contributed by atoms with Crippen LogP contribution in [0.4, 0.5) is 0 Å². The highest BCUT2D eigenvalue weighted by Gasteiger charge is 2.12. The van der Waals surface area contributed by atoms with E-state index < -0.39 is 0 Å². The SMILES string of the molecule is Cc1ccc(SCCC(=O)N(C)Cc2nc3ccccc3s2)cc1C. The Balaban J connectivity index is 1.51. The Labute approximate surface area is 157 Å². The Morgan fingerprint density at radius 3 is 2.72 bits per heavy atom. The molecule has 0 atom stereocenters. The van der Waals surface area contributed by atoms with Gasteiger partial charge in [-0.25, -0.2) is 4.98 Å². The Hall–Kier alpha value is -1.85. The number of benzene rings is 2.